The molecule has 1 saturated heterocycles. The topological polar surface area (TPSA) is 84.2 Å². The summed E-state index contributed by atoms with van der Waals surface area (Å²) >= 11 is 0. The first kappa shape index (κ1) is 15.5. The number of hydrogen-bond donors (Lipinski definition) is 3. The number of nitrogens with one attached hydrogen (secondary N) is 2. The first-order chi connectivity index (χ1) is 10.1. The number of carbonyl (C=O) groups is 2. The average Bonchev–Trinajstić information content (AvgIpc) is 2.48. The second kappa shape index (κ2) is 7.78. The van der Waals surface area contributed by atoms with Gasteiger partial charge < -0.3 is 16.4 Å². The van der Waals surface area contributed by atoms with E-state index >= 15 is 0 Å². The third kappa shape index (κ3) is 5.55. The van der Waals surface area contributed by atoms with E-state index in [1.807, 2.05) is 12.1 Å². The van der Waals surface area contributed by atoms with Crippen LogP contribution in [0.5, 0.6) is 0 Å². The number of piperidine rings is 1. The minimum absolute atomic E-state index is 0.0447. The van der Waals surface area contributed by atoms with Crippen LogP contribution in [-0.2, 0) is 16.0 Å². The molecule has 0 aliphatic carbocycles. The first-order valence-electron chi connectivity index (χ1n) is 7.51. The van der Waals surface area contributed by atoms with Crippen molar-refractivity contribution in [2.75, 3.05) is 18.4 Å². The summed E-state index contributed by atoms with van der Waals surface area (Å²) in [5.41, 5.74) is 6.75. The highest BCUT2D eigenvalue weighted by Gasteiger charge is 2.14. The van der Waals surface area contributed by atoms with Crippen LogP contribution in [0.4, 0.5) is 5.69 Å². The number of primary amides is 1. The third-order valence-corrected chi connectivity index (χ3v) is 3.79. The molecule has 0 aromatic heterocycles. The van der Waals surface area contributed by atoms with Crippen LogP contribution >= 0.6 is 0 Å². The van der Waals surface area contributed by atoms with Crippen molar-refractivity contribution in [3.63, 3.8) is 0 Å². The Morgan fingerprint density at radius 3 is 2.67 bits per heavy atom. The minimum Gasteiger partial charge on any atom is -0.369 e. The highest BCUT2D eigenvalue weighted by Crippen LogP contribution is 2.17. The van der Waals surface area contributed by atoms with Gasteiger partial charge in [0, 0.05) is 12.1 Å². The van der Waals surface area contributed by atoms with Crippen molar-refractivity contribution in [1.82, 2.24) is 5.32 Å². The molecule has 0 spiro atoms. The molecule has 1 aromatic carbocycles. The number of benzene rings is 1. The lowest BCUT2D eigenvalue weighted by atomic mass is 9.94. The maximum Gasteiger partial charge on any atom is 0.224 e. The van der Waals surface area contributed by atoms with Crippen LogP contribution in [0.25, 0.3) is 0 Å². The normalized spacial score (nSPS) is 18.2. The second-order valence-corrected chi connectivity index (χ2v) is 5.64. The molecule has 114 valence electrons. The molecular weight excluding hydrogens is 266 g/mol. The Balaban J connectivity index is 1.75. The van der Waals surface area contributed by atoms with Gasteiger partial charge in [-0.15, -0.1) is 0 Å². The molecule has 1 heterocycles. The molecule has 1 unspecified atom stereocenters. The monoisotopic (exact) mass is 289 g/mol. The molecule has 1 aromatic rings. The molecule has 1 fully saturated rings. The summed E-state index contributed by atoms with van der Waals surface area (Å²) in [5, 5.41) is 6.25. The fourth-order valence-corrected chi connectivity index (χ4v) is 2.64. The number of hydrogen-bond acceptors (Lipinski definition) is 3. The van der Waals surface area contributed by atoms with Crippen molar-refractivity contribution in [3.05, 3.63) is 29.8 Å². The SMILES string of the molecule is NC(=O)Cc1ccc(NC(=O)CCC2CCCNC2)cc1. The van der Waals surface area contributed by atoms with E-state index in [0.29, 0.717) is 12.3 Å². The number of amides is 2. The van der Waals surface area contributed by atoms with Gasteiger partial charge >= 0.3 is 0 Å². The molecule has 1 aliphatic rings. The summed E-state index contributed by atoms with van der Waals surface area (Å²) < 4.78 is 0. The van der Waals surface area contributed by atoms with E-state index in [2.05, 4.69) is 10.6 Å². The lowest BCUT2D eigenvalue weighted by Gasteiger charge is -2.22. The maximum absolute atomic E-state index is 11.9. The zero-order chi connectivity index (χ0) is 15.1. The van der Waals surface area contributed by atoms with Crippen molar-refractivity contribution >= 4 is 17.5 Å². The predicted molar refractivity (Wildman–Crippen MR) is 82.8 cm³/mol. The second-order valence-electron chi connectivity index (χ2n) is 5.64. The summed E-state index contributed by atoms with van der Waals surface area (Å²) in [5.74, 6) is 0.304. The summed E-state index contributed by atoms with van der Waals surface area (Å²) in [6, 6.07) is 7.23. The maximum atomic E-state index is 11.9. The molecule has 2 amide bonds. The molecule has 2 rings (SSSR count). The van der Waals surface area contributed by atoms with Gasteiger partial charge in [-0.25, -0.2) is 0 Å². The van der Waals surface area contributed by atoms with Crippen LogP contribution in [0.3, 0.4) is 0 Å². The van der Waals surface area contributed by atoms with Crippen LogP contribution in [-0.4, -0.2) is 24.9 Å². The largest absolute Gasteiger partial charge is 0.369 e. The van der Waals surface area contributed by atoms with Crippen LogP contribution in [0.15, 0.2) is 24.3 Å². The van der Waals surface area contributed by atoms with E-state index in [-0.39, 0.29) is 18.2 Å². The van der Waals surface area contributed by atoms with Gasteiger partial charge in [-0.05, 0) is 56.0 Å². The summed E-state index contributed by atoms with van der Waals surface area (Å²) in [6.07, 6.45) is 4.12. The van der Waals surface area contributed by atoms with E-state index in [1.165, 1.54) is 12.8 Å². The van der Waals surface area contributed by atoms with Crippen molar-refractivity contribution in [3.8, 4) is 0 Å². The molecule has 5 nitrogen and oxygen atoms in total. The van der Waals surface area contributed by atoms with Crippen LogP contribution in [0.2, 0.25) is 0 Å². The van der Waals surface area contributed by atoms with Crippen LogP contribution < -0.4 is 16.4 Å². The summed E-state index contributed by atoms with van der Waals surface area (Å²) in [6.45, 7) is 2.12. The molecule has 0 saturated carbocycles. The Labute approximate surface area is 125 Å². The number of nitrogens with two attached hydrogens (primary N) is 1. The van der Waals surface area contributed by atoms with E-state index in [4.69, 9.17) is 5.73 Å². The molecule has 1 aliphatic heterocycles. The Morgan fingerprint density at radius 2 is 2.05 bits per heavy atom. The smallest absolute Gasteiger partial charge is 0.224 e. The summed E-state index contributed by atoms with van der Waals surface area (Å²) in [7, 11) is 0. The molecule has 21 heavy (non-hydrogen) atoms. The van der Waals surface area contributed by atoms with Gasteiger partial charge in [0.2, 0.25) is 11.8 Å². The molecule has 1 atom stereocenters. The molecule has 0 bridgehead atoms. The molecule has 0 radical (unpaired) electrons. The highest BCUT2D eigenvalue weighted by atomic mass is 16.1. The first-order valence-corrected chi connectivity index (χ1v) is 7.51. The zero-order valence-electron chi connectivity index (χ0n) is 12.2. The third-order valence-electron chi connectivity index (χ3n) is 3.79. The van der Waals surface area contributed by atoms with Crippen LogP contribution in [0, 0.1) is 5.92 Å². The van der Waals surface area contributed by atoms with Gasteiger partial charge in [0.1, 0.15) is 0 Å². The van der Waals surface area contributed by atoms with Gasteiger partial charge in [0.05, 0.1) is 6.42 Å². The lowest BCUT2D eigenvalue weighted by molar-refractivity contribution is -0.117. The Morgan fingerprint density at radius 1 is 1.29 bits per heavy atom. The van der Waals surface area contributed by atoms with Gasteiger partial charge in [0.15, 0.2) is 0 Å². The van der Waals surface area contributed by atoms with Gasteiger partial charge in [-0.2, -0.15) is 0 Å². The van der Waals surface area contributed by atoms with E-state index < -0.39 is 0 Å². The lowest BCUT2D eigenvalue weighted by Crippen LogP contribution is -2.30. The van der Waals surface area contributed by atoms with Gasteiger partial charge in [-0.1, -0.05) is 12.1 Å². The Bertz CT molecular complexity index is 479. The van der Waals surface area contributed by atoms with Crippen molar-refractivity contribution in [2.45, 2.75) is 32.1 Å². The van der Waals surface area contributed by atoms with E-state index in [9.17, 15) is 9.59 Å². The Hall–Kier alpha value is -1.88. The van der Waals surface area contributed by atoms with Gasteiger partial charge in [-0.3, -0.25) is 9.59 Å². The van der Waals surface area contributed by atoms with Gasteiger partial charge in [0.25, 0.3) is 0 Å². The van der Waals surface area contributed by atoms with Crippen molar-refractivity contribution in [2.24, 2.45) is 11.7 Å². The predicted octanol–water partition coefficient (Wildman–Crippen LogP) is 1.43. The number of rotatable bonds is 6. The highest BCUT2D eigenvalue weighted by molar-refractivity contribution is 5.90. The molecule has 4 N–H and O–H groups in total. The fraction of sp³-hybridized carbons (Fsp3) is 0.500. The van der Waals surface area contributed by atoms with Crippen molar-refractivity contribution in [1.29, 1.82) is 0 Å². The number of carbonyl (C=O) groups excluding carboxylic acids is 2. The Kier molecular flexibility index (Phi) is 5.75. The van der Waals surface area contributed by atoms with E-state index in [1.54, 1.807) is 12.1 Å². The minimum atomic E-state index is -0.354. The molecule has 5 heteroatoms. The fourth-order valence-electron chi connectivity index (χ4n) is 2.64. The quantitative estimate of drug-likeness (QED) is 0.740. The zero-order valence-corrected chi connectivity index (χ0v) is 12.2. The average molecular weight is 289 g/mol. The standard InChI is InChI=1S/C16H23N3O2/c17-15(20)10-12-3-6-14(7-4-12)19-16(21)8-5-13-2-1-9-18-11-13/h3-4,6-7,13,18H,1-2,5,8-11H2,(H2,17,20)(H,19,21). The van der Waals surface area contributed by atoms with E-state index in [0.717, 1.165) is 30.8 Å². The molecular formula is C16H23N3O2. The van der Waals surface area contributed by atoms with Crippen molar-refractivity contribution < 1.29 is 9.59 Å². The van der Waals surface area contributed by atoms with Crippen LogP contribution in [0.1, 0.15) is 31.2 Å². The number of anilines is 1. The summed E-state index contributed by atoms with van der Waals surface area (Å²) in [4.78, 5) is 22.7.